The van der Waals surface area contributed by atoms with Crippen LogP contribution in [-0.2, 0) is 9.53 Å². The second kappa shape index (κ2) is 6.01. The zero-order valence-electron chi connectivity index (χ0n) is 10.9. The lowest BCUT2D eigenvalue weighted by atomic mass is 10.0. The van der Waals surface area contributed by atoms with Crippen LogP contribution < -0.4 is 0 Å². The summed E-state index contributed by atoms with van der Waals surface area (Å²) >= 11 is 0. The summed E-state index contributed by atoms with van der Waals surface area (Å²) in [5.41, 5.74) is 0. The van der Waals surface area contributed by atoms with Crippen molar-refractivity contribution in [2.24, 2.45) is 5.92 Å². The fourth-order valence-electron chi connectivity index (χ4n) is 1.86. The number of carboxylic acid groups (broad SMARTS) is 1. The van der Waals surface area contributed by atoms with Crippen molar-refractivity contribution in [1.29, 1.82) is 0 Å². The Morgan fingerprint density at radius 3 is 2.50 bits per heavy atom. The highest BCUT2D eigenvalue weighted by Crippen LogP contribution is 2.20. The quantitative estimate of drug-likeness (QED) is 0.708. The van der Waals surface area contributed by atoms with Crippen molar-refractivity contribution in [2.45, 2.75) is 19.0 Å². The number of carbonyl (C=O) groups is 2. The Morgan fingerprint density at radius 1 is 1.39 bits per heavy atom. The van der Waals surface area contributed by atoms with Crippen molar-refractivity contribution in [3.63, 3.8) is 0 Å². The predicted molar refractivity (Wildman–Crippen MR) is 63.2 cm³/mol. The lowest BCUT2D eigenvalue weighted by Gasteiger charge is -2.33. The number of carbonyl (C=O) groups excluding carboxylic acids is 1. The lowest BCUT2D eigenvalue weighted by molar-refractivity contribution is -0.142. The Labute approximate surface area is 106 Å². The first-order valence-corrected chi connectivity index (χ1v) is 5.81. The smallest absolute Gasteiger partial charge is 0.320 e. The maximum Gasteiger partial charge on any atom is 0.320 e. The molecule has 0 aliphatic carbocycles. The van der Waals surface area contributed by atoms with Gasteiger partial charge in [-0.1, -0.05) is 0 Å². The number of ether oxygens (including phenoxy) is 1. The van der Waals surface area contributed by atoms with Crippen molar-refractivity contribution in [1.82, 2.24) is 9.80 Å². The third-order valence-electron chi connectivity index (χ3n) is 3.39. The maximum absolute atomic E-state index is 12.1. The molecule has 1 saturated heterocycles. The van der Waals surface area contributed by atoms with E-state index in [2.05, 4.69) is 0 Å². The fourth-order valence-corrected chi connectivity index (χ4v) is 1.86. The summed E-state index contributed by atoms with van der Waals surface area (Å²) in [6.45, 7) is 1.92. The van der Waals surface area contributed by atoms with Crippen LogP contribution in [0.4, 0.5) is 4.79 Å². The second-order valence-electron chi connectivity index (χ2n) is 4.59. The molecule has 1 rings (SSSR count). The predicted octanol–water partition coefficient (Wildman–Crippen LogP) is -0.550. The summed E-state index contributed by atoms with van der Waals surface area (Å²) in [6.07, 6.45) is 0. The molecule has 7 nitrogen and oxygen atoms in total. The van der Waals surface area contributed by atoms with Gasteiger partial charge in [-0.2, -0.15) is 0 Å². The number of hydrogen-bond acceptors (Lipinski definition) is 4. The van der Waals surface area contributed by atoms with E-state index in [4.69, 9.17) is 14.9 Å². The summed E-state index contributed by atoms with van der Waals surface area (Å²) in [4.78, 5) is 25.9. The van der Waals surface area contributed by atoms with Crippen LogP contribution in [0.1, 0.15) is 6.92 Å². The Morgan fingerprint density at radius 2 is 2.00 bits per heavy atom. The third-order valence-corrected chi connectivity index (χ3v) is 3.39. The molecule has 2 N–H and O–H groups in total. The highest BCUT2D eigenvalue weighted by molar-refractivity contribution is 5.77. The molecule has 1 aliphatic rings. The number of aliphatic carboxylic acids is 1. The minimum absolute atomic E-state index is 0.122. The molecule has 18 heavy (non-hydrogen) atoms. The van der Waals surface area contributed by atoms with E-state index in [-0.39, 0.29) is 31.9 Å². The van der Waals surface area contributed by atoms with Crippen LogP contribution in [0, 0.1) is 5.92 Å². The Kier molecular flexibility index (Phi) is 4.92. The third kappa shape index (κ3) is 2.91. The van der Waals surface area contributed by atoms with E-state index in [0.717, 1.165) is 0 Å². The van der Waals surface area contributed by atoms with Gasteiger partial charge in [0.1, 0.15) is 5.92 Å². The molecule has 0 saturated carbocycles. The summed E-state index contributed by atoms with van der Waals surface area (Å²) in [5, 5.41) is 18.0. The Hall–Kier alpha value is -1.34. The zero-order valence-corrected chi connectivity index (χ0v) is 10.9. The molecule has 104 valence electrons. The number of aliphatic hydroxyl groups is 1. The van der Waals surface area contributed by atoms with Crippen molar-refractivity contribution in [2.75, 3.05) is 33.9 Å². The van der Waals surface area contributed by atoms with Gasteiger partial charge in [-0.15, -0.1) is 0 Å². The minimum Gasteiger partial charge on any atom is -0.481 e. The number of carboxylic acids is 1. The van der Waals surface area contributed by atoms with Gasteiger partial charge in [0, 0.05) is 14.1 Å². The van der Waals surface area contributed by atoms with Crippen LogP contribution in [0.5, 0.6) is 0 Å². The van der Waals surface area contributed by atoms with Gasteiger partial charge in [0.2, 0.25) is 0 Å². The molecule has 0 aromatic rings. The average molecular weight is 260 g/mol. The number of amides is 2. The van der Waals surface area contributed by atoms with Crippen LogP contribution in [0.2, 0.25) is 0 Å². The van der Waals surface area contributed by atoms with Gasteiger partial charge in [0.15, 0.2) is 0 Å². The first-order chi connectivity index (χ1) is 8.40. The van der Waals surface area contributed by atoms with Gasteiger partial charge in [-0.25, -0.2) is 4.79 Å². The van der Waals surface area contributed by atoms with Crippen LogP contribution in [0.15, 0.2) is 0 Å². The van der Waals surface area contributed by atoms with Crippen molar-refractivity contribution in [3.8, 4) is 0 Å². The summed E-state index contributed by atoms with van der Waals surface area (Å²) < 4.78 is 5.13. The molecule has 1 heterocycles. The molecular weight excluding hydrogens is 240 g/mol. The summed E-state index contributed by atoms with van der Waals surface area (Å²) in [7, 11) is 3.13. The normalized spacial score (nSPS) is 24.7. The summed E-state index contributed by atoms with van der Waals surface area (Å²) in [6, 6.07) is -1.10. The van der Waals surface area contributed by atoms with Crippen molar-refractivity contribution >= 4 is 12.0 Å². The molecule has 3 unspecified atom stereocenters. The Bertz CT molecular complexity index is 323. The van der Waals surface area contributed by atoms with E-state index in [1.807, 2.05) is 0 Å². The lowest BCUT2D eigenvalue weighted by Crippen LogP contribution is -2.51. The van der Waals surface area contributed by atoms with Gasteiger partial charge in [0.25, 0.3) is 0 Å². The molecule has 0 spiro atoms. The molecule has 3 atom stereocenters. The first kappa shape index (κ1) is 14.7. The van der Waals surface area contributed by atoms with E-state index in [9.17, 15) is 9.59 Å². The molecule has 1 fully saturated rings. The van der Waals surface area contributed by atoms with E-state index >= 15 is 0 Å². The van der Waals surface area contributed by atoms with E-state index in [1.54, 1.807) is 21.0 Å². The molecule has 7 heteroatoms. The minimum atomic E-state index is -0.963. The number of likely N-dealkylation sites (N-methyl/N-ethyl adjacent to an activating group) is 2. The Balaban J connectivity index is 2.71. The van der Waals surface area contributed by atoms with Crippen molar-refractivity contribution in [3.05, 3.63) is 0 Å². The molecule has 1 aliphatic heterocycles. The van der Waals surface area contributed by atoms with Crippen LogP contribution in [0.25, 0.3) is 0 Å². The van der Waals surface area contributed by atoms with Crippen LogP contribution >= 0.6 is 0 Å². The first-order valence-electron chi connectivity index (χ1n) is 5.81. The zero-order chi connectivity index (χ0) is 13.9. The molecule has 0 aromatic heterocycles. The topological polar surface area (TPSA) is 90.3 Å². The fraction of sp³-hybridized carbons (Fsp3) is 0.818. The van der Waals surface area contributed by atoms with E-state index < -0.39 is 17.9 Å². The maximum atomic E-state index is 12.1. The van der Waals surface area contributed by atoms with Gasteiger partial charge in [-0.3, -0.25) is 4.79 Å². The molecule has 0 bridgehead atoms. The van der Waals surface area contributed by atoms with E-state index in [1.165, 1.54) is 9.80 Å². The van der Waals surface area contributed by atoms with Gasteiger partial charge in [0.05, 0.1) is 31.9 Å². The SMILES string of the molecule is CC(CO)N(C)C(=O)N(C)C1COCC1C(=O)O. The molecular formula is C11H20N2O5. The average Bonchev–Trinajstić information content (AvgIpc) is 2.84. The molecule has 0 aromatic carbocycles. The number of nitrogens with zero attached hydrogens (tertiary/aromatic N) is 2. The largest absolute Gasteiger partial charge is 0.481 e. The standard InChI is InChI=1S/C11H20N2O5/c1-7(4-14)12(2)11(17)13(3)9-6-18-5-8(9)10(15)16/h7-9,14H,4-6H2,1-3H3,(H,15,16). The van der Waals surface area contributed by atoms with Gasteiger partial charge < -0.3 is 24.7 Å². The van der Waals surface area contributed by atoms with Gasteiger partial charge >= 0.3 is 12.0 Å². The van der Waals surface area contributed by atoms with Crippen LogP contribution in [0.3, 0.4) is 0 Å². The molecule has 2 amide bonds. The molecule has 0 radical (unpaired) electrons. The number of urea groups is 1. The number of rotatable bonds is 4. The van der Waals surface area contributed by atoms with Crippen LogP contribution in [-0.4, -0.2) is 78.0 Å². The second-order valence-corrected chi connectivity index (χ2v) is 4.59. The number of aliphatic hydroxyl groups excluding tert-OH is 1. The van der Waals surface area contributed by atoms with Crippen molar-refractivity contribution < 1.29 is 24.5 Å². The van der Waals surface area contributed by atoms with E-state index in [0.29, 0.717) is 0 Å². The number of hydrogen-bond donors (Lipinski definition) is 2. The highest BCUT2D eigenvalue weighted by atomic mass is 16.5. The summed E-state index contributed by atoms with van der Waals surface area (Å²) in [5.74, 6) is -1.66. The monoisotopic (exact) mass is 260 g/mol. The van der Waals surface area contributed by atoms with Gasteiger partial charge in [-0.05, 0) is 6.92 Å². The highest BCUT2D eigenvalue weighted by Gasteiger charge is 2.39.